The minimum atomic E-state index is -3.99. The number of nitrogens with zero attached hydrogens (tertiary/aromatic N) is 1. The average molecular weight is 498 g/mol. The second-order valence-corrected chi connectivity index (χ2v) is 9.45. The number of hydrogen-bond acceptors (Lipinski definition) is 7. The van der Waals surface area contributed by atoms with E-state index in [-0.39, 0.29) is 21.8 Å². The fourth-order valence-corrected chi connectivity index (χ4v) is 4.65. The molecule has 0 aliphatic rings. The van der Waals surface area contributed by atoms with Crippen molar-refractivity contribution in [2.45, 2.75) is 25.7 Å². The zero-order valence-corrected chi connectivity index (χ0v) is 20.0. The van der Waals surface area contributed by atoms with Crippen molar-refractivity contribution in [3.63, 3.8) is 0 Å². The van der Waals surface area contributed by atoms with E-state index in [1.54, 1.807) is 39.0 Å². The summed E-state index contributed by atoms with van der Waals surface area (Å²) in [6.45, 7) is 4.38. The quantitative estimate of drug-likeness (QED) is 0.270. The van der Waals surface area contributed by atoms with Crippen LogP contribution >= 0.6 is 0 Å². The summed E-state index contributed by atoms with van der Waals surface area (Å²) in [5, 5.41) is 13.4. The highest BCUT2D eigenvalue weighted by Gasteiger charge is 2.22. The number of sulfonamides is 1. The van der Waals surface area contributed by atoms with Gasteiger partial charge < -0.3 is 10.1 Å². The molecule has 2 N–H and O–H groups in total. The van der Waals surface area contributed by atoms with E-state index in [0.29, 0.717) is 16.8 Å². The molecular formula is C24H23N3O7S. The minimum Gasteiger partial charge on any atom is -0.452 e. The molecule has 3 aromatic carbocycles. The Morgan fingerprint density at radius 1 is 0.943 bits per heavy atom. The largest absolute Gasteiger partial charge is 0.452 e. The number of non-ortho nitro benzene ring substituents is 1. The van der Waals surface area contributed by atoms with Crippen LogP contribution in [0, 0.1) is 30.9 Å². The smallest absolute Gasteiger partial charge is 0.340 e. The Kier molecular flexibility index (Phi) is 7.50. The first-order valence-corrected chi connectivity index (χ1v) is 11.9. The van der Waals surface area contributed by atoms with E-state index >= 15 is 0 Å². The van der Waals surface area contributed by atoms with Crippen LogP contribution in [-0.2, 0) is 19.6 Å². The van der Waals surface area contributed by atoms with Gasteiger partial charge in [0, 0.05) is 17.8 Å². The molecule has 0 saturated heterocycles. The van der Waals surface area contributed by atoms with Crippen molar-refractivity contribution in [2.75, 3.05) is 16.6 Å². The molecular weight excluding hydrogens is 474 g/mol. The Morgan fingerprint density at radius 3 is 2.34 bits per heavy atom. The maximum absolute atomic E-state index is 12.9. The molecule has 0 unspecified atom stereocenters. The summed E-state index contributed by atoms with van der Waals surface area (Å²) in [5.41, 5.74) is 1.92. The van der Waals surface area contributed by atoms with Crippen molar-refractivity contribution in [1.82, 2.24) is 0 Å². The highest BCUT2D eigenvalue weighted by atomic mass is 32.2. The van der Waals surface area contributed by atoms with E-state index in [2.05, 4.69) is 10.0 Å². The van der Waals surface area contributed by atoms with Gasteiger partial charge in [-0.05, 0) is 61.7 Å². The molecule has 182 valence electrons. The van der Waals surface area contributed by atoms with Gasteiger partial charge in [-0.2, -0.15) is 0 Å². The highest BCUT2D eigenvalue weighted by Crippen LogP contribution is 2.24. The first kappa shape index (κ1) is 25.4. The molecule has 11 heteroatoms. The third kappa shape index (κ3) is 6.21. The number of hydrogen-bond donors (Lipinski definition) is 2. The van der Waals surface area contributed by atoms with Crippen molar-refractivity contribution in [3.05, 3.63) is 93.0 Å². The van der Waals surface area contributed by atoms with Crippen LogP contribution in [0.2, 0.25) is 0 Å². The molecule has 0 spiro atoms. The summed E-state index contributed by atoms with van der Waals surface area (Å²) >= 11 is 0. The van der Waals surface area contributed by atoms with Crippen molar-refractivity contribution in [3.8, 4) is 0 Å². The van der Waals surface area contributed by atoms with Crippen LogP contribution in [0.15, 0.2) is 65.6 Å². The lowest BCUT2D eigenvalue weighted by Crippen LogP contribution is -2.22. The van der Waals surface area contributed by atoms with Gasteiger partial charge in [-0.25, -0.2) is 13.2 Å². The molecule has 1 amide bonds. The molecule has 0 aliphatic carbocycles. The van der Waals surface area contributed by atoms with E-state index in [9.17, 15) is 28.1 Å². The molecule has 3 rings (SSSR count). The standard InChI is InChI=1S/C24H23N3O7S/c1-15-8-9-16(2)22(12-15)35(32,33)26-21-7-5-4-6-19(21)24(29)34-14-23(28)25-20-11-10-18(27(30)31)13-17(20)3/h4-13,26H,14H2,1-3H3,(H,25,28). The lowest BCUT2D eigenvalue weighted by Gasteiger charge is -2.14. The molecule has 0 atom stereocenters. The van der Waals surface area contributed by atoms with Gasteiger partial charge >= 0.3 is 5.97 Å². The van der Waals surface area contributed by atoms with Crippen LogP contribution < -0.4 is 10.0 Å². The number of esters is 1. The molecule has 0 saturated carbocycles. The molecule has 0 aliphatic heterocycles. The topological polar surface area (TPSA) is 145 Å². The second kappa shape index (κ2) is 10.3. The zero-order valence-electron chi connectivity index (χ0n) is 19.2. The zero-order chi connectivity index (χ0) is 25.8. The normalized spacial score (nSPS) is 10.9. The summed E-state index contributed by atoms with van der Waals surface area (Å²) in [7, 11) is -3.99. The van der Waals surface area contributed by atoms with Gasteiger partial charge in [0.25, 0.3) is 21.6 Å². The summed E-state index contributed by atoms with van der Waals surface area (Å²) in [5.74, 6) is -1.57. The summed E-state index contributed by atoms with van der Waals surface area (Å²) < 4.78 is 33.4. The van der Waals surface area contributed by atoms with Gasteiger partial charge in [0.05, 0.1) is 21.1 Å². The average Bonchev–Trinajstić information content (AvgIpc) is 2.80. The number of carbonyl (C=O) groups excluding carboxylic acids is 2. The van der Waals surface area contributed by atoms with Gasteiger partial charge in [0.2, 0.25) is 0 Å². The number of amides is 1. The molecule has 0 fully saturated rings. The molecule has 3 aromatic rings. The number of rotatable bonds is 8. The van der Waals surface area contributed by atoms with Gasteiger partial charge in [-0.1, -0.05) is 24.3 Å². The fourth-order valence-electron chi connectivity index (χ4n) is 3.24. The first-order valence-electron chi connectivity index (χ1n) is 10.4. The monoisotopic (exact) mass is 497 g/mol. The molecule has 0 aromatic heterocycles. The highest BCUT2D eigenvalue weighted by molar-refractivity contribution is 7.92. The SMILES string of the molecule is Cc1ccc(C)c(S(=O)(=O)Nc2ccccc2C(=O)OCC(=O)Nc2ccc([N+](=O)[O-])cc2C)c1. The Balaban J connectivity index is 1.71. The van der Waals surface area contributed by atoms with Gasteiger partial charge in [0.15, 0.2) is 6.61 Å². The Hall–Kier alpha value is -4.25. The predicted molar refractivity (Wildman–Crippen MR) is 130 cm³/mol. The van der Waals surface area contributed by atoms with E-state index < -0.39 is 33.4 Å². The lowest BCUT2D eigenvalue weighted by molar-refractivity contribution is -0.384. The van der Waals surface area contributed by atoms with Crippen LogP contribution in [-0.4, -0.2) is 31.8 Å². The van der Waals surface area contributed by atoms with Gasteiger partial charge in [-0.3, -0.25) is 19.6 Å². The molecule has 35 heavy (non-hydrogen) atoms. The second-order valence-electron chi connectivity index (χ2n) is 7.80. The van der Waals surface area contributed by atoms with Gasteiger partial charge in [-0.15, -0.1) is 0 Å². The Morgan fingerprint density at radius 2 is 1.66 bits per heavy atom. The Labute approximate surface area is 202 Å². The number of anilines is 2. The summed E-state index contributed by atoms with van der Waals surface area (Å²) in [4.78, 5) is 35.3. The number of aryl methyl sites for hydroxylation is 3. The van der Waals surface area contributed by atoms with Crippen molar-refractivity contribution in [2.24, 2.45) is 0 Å². The first-order chi connectivity index (χ1) is 16.5. The number of benzene rings is 3. The molecule has 0 heterocycles. The number of nitro groups is 1. The molecule has 0 radical (unpaired) electrons. The minimum absolute atomic E-state index is 0.00466. The van der Waals surface area contributed by atoms with Crippen LogP contribution in [0.3, 0.4) is 0 Å². The Bertz CT molecular complexity index is 1420. The van der Waals surface area contributed by atoms with E-state index in [0.717, 1.165) is 5.56 Å². The van der Waals surface area contributed by atoms with Gasteiger partial charge in [0.1, 0.15) is 0 Å². The van der Waals surface area contributed by atoms with Crippen molar-refractivity contribution < 1.29 is 27.7 Å². The number of para-hydroxylation sites is 1. The van der Waals surface area contributed by atoms with Crippen LogP contribution in [0.25, 0.3) is 0 Å². The number of carbonyl (C=O) groups is 2. The van der Waals surface area contributed by atoms with Crippen molar-refractivity contribution in [1.29, 1.82) is 0 Å². The lowest BCUT2D eigenvalue weighted by atomic mass is 10.2. The third-order valence-electron chi connectivity index (χ3n) is 5.05. The number of ether oxygens (including phenoxy) is 1. The molecule has 10 nitrogen and oxygen atoms in total. The van der Waals surface area contributed by atoms with E-state index in [4.69, 9.17) is 4.74 Å². The maximum atomic E-state index is 12.9. The van der Waals surface area contributed by atoms with Crippen LogP contribution in [0.5, 0.6) is 0 Å². The number of nitro benzene ring substituents is 1. The predicted octanol–water partition coefficient (Wildman–Crippen LogP) is 4.12. The van der Waals surface area contributed by atoms with Crippen LogP contribution in [0.1, 0.15) is 27.0 Å². The van der Waals surface area contributed by atoms with E-state index in [1.165, 1.54) is 42.5 Å². The summed E-state index contributed by atoms with van der Waals surface area (Å²) in [6, 6.07) is 14.8. The third-order valence-corrected chi connectivity index (χ3v) is 6.56. The summed E-state index contributed by atoms with van der Waals surface area (Å²) in [6.07, 6.45) is 0. The maximum Gasteiger partial charge on any atom is 0.340 e. The van der Waals surface area contributed by atoms with E-state index in [1.807, 2.05) is 0 Å². The number of nitrogens with one attached hydrogen (secondary N) is 2. The van der Waals surface area contributed by atoms with Crippen molar-refractivity contribution >= 4 is 39.0 Å². The van der Waals surface area contributed by atoms with Crippen LogP contribution in [0.4, 0.5) is 17.1 Å². The molecule has 0 bridgehead atoms. The fraction of sp³-hybridized carbons (Fsp3) is 0.167.